The molecule has 0 amide bonds. The fourth-order valence-electron chi connectivity index (χ4n) is 2.42. The largest absolute Gasteiger partial charge is 0.488 e. The minimum atomic E-state index is -4.42. The first-order chi connectivity index (χ1) is 14.6. The van der Waals surface area contributed by atoms with Crippen LogP contribution >= 0.6 is 46.6 Å². The third kappa shape index (κ3) is 6.55. The van der Waals surface area contributed by atoms with E-state index in [2.05, 4.69) is 10.1 Å². The first-order valence-electron chi connectivity index (χ1n) is 8.73. The average molecular weight is 510 g/mol. The summed E-state index contributed by atoms with van der Waals surface area (Å²) in [7, 11) is 0. The van der Waals surface area contributed by atoms with E-state index >= 15 is 0 Å². The van der Waals surface area contributed by atoms with Crippen molar-refractivity contribution in [2.24, 2.45) is 0 Å². The van der Waals surface area contributed by atoms with Crippen LogP contribution in [0.4, 0.5) is 13.2 Å². The molecule has 4 nitrogen and oxygen atoms in total. The van der Waals surface area contributed by atoms with Crippen LogP contribution in [0.3, 0.4) is 0 Å². The minimum absolute atomic E-state index is 0.0191. The molecule has 1 unspecified atom stereocenters. The molecule has 0 saturated carbocycles. The van der Waals surface area contributed by atoms with E-state index in [4.69, 9.17) is 44.1 Å². The fraction of sp³-hybridized carbons (Fsp3) is 0.200. The van der Waals surface area contributed by atoms with Crippen molar-refractivity contribution in [2.45, 2.75) is 23.4 Å². The lowest BCUT2D eigenvalue weighted by atomic mass is 10.1. The first-order valence-corrected chi connectivity index (χ1v) is 10.7. The SMILES string of the molecule is CC(Sc1ccc(C(F)(F)F)cn1)c1cc(-c2cccc(OCC(Cl)=C(Cl)Cl)c2)no1. The van der Waals surface area contributed by atoms with E-state index < -0.39 is 11.7 Å². The second-order valence-corrected chi connectivity index (χ2v) is 9.01. The lowest BCUT2D eigenvalue weighted by molar-refractivity contribution is -0.137. The van der Waals surface area contributed by atoms with Crippen molar-refractivity contribution in [3.05, 3.63) is 69.5 Å². The van der Waals surface area contributed by atoms with Gasteiger partial charge in [0.1, 0.15) is 28.3 Å². The predicted octanol–water partition coefficient (Wildman–Crippen LogP) is 7.87. The molecule has 0 aliphatic carbocycles. The van der Waals surface area contributed by atoms with Crippen molar-refractivity contribution >= 4 is 46.6 Å². The highest BCUT2D eigenvalue weighted by molar-refractivity contribution is 7.99. The van der Waals surface area contributed by atoms with Crippen LogP contribution in [0.15, 0.2) is 67.7 Å². The van der Waals surface area contributed by atoms with E-state index in [1.165, 1.54) is 17.8 Å². The minimum Gasteiger partial charge on any atom is -0.488 e. The van der Waals surface area contributed by atoms with Crippen LogP contribution in [0.5, 0.6) is 5.75 Å². The Hall–Kier alpha value is -1.87. The molecule has 0 saturated heterocycles. The van der Waals surface area contributed by atoms with E-state index in [-0.39, 0.29) is 21.4 Å². The van der Waals surface area contributed by atoms with Crippen molar-refractivity contribution in [1.82, 2.24) is 10.1 Å². The summed E-state index contributed by atoms with van der Waals surface area (Å²) in [6.45, 7) is 1.86. The van der Waals surface area contributed by atoms with Gasteiger partial charge in [-0.3, -0.25) is 0 Å². The molecule has 3 aromatic rings. The molecule has 2 heterocycles. The van der Waals surface area contributed by atoms with E-state index in [9.17, 15) is 13.2 Å². The van der Waals surface area contributed by atoms with Gasteiger partial charge in [0.2, 0.25) is 0 Å². The van der Waals surface area contributed by atoms with Crippen LogP contribution in [-0.4, -0.2) is 16.7 Å². The summed E-state index contributed by atoms with van der Waals surface area (Å²) in [6, 6.07) is 11.2. The van der Waals surface area contributed by atoms with E-state index in [1.54, 1.807) is 24.3 Å². The van der Waals surface area contributed by atoms with E-state index in [1.807, 2.05) is 13.0 Å². The van der Waals surface area contributed by atoms with Crippen LogP contribution in [0.25, 0.3) is 11.3 Å². The maximum Gasteiger partial charge on any atom is 0.417 e. The Labute approximate surface area is 195 Å². The molecule has 2 aromatic heterocycles. The molecule has 0 aliphatic rings. The fourth-order valence-corrected chi connectivity index (χ4v) is 3.43. The molecule has 0 N–H and O–H groups in total. The highest BCUT2D eigenvalue weighted by atomic mass is 35.5. The van der Waals surface area contributed by atoms with Crippen LogP contribution in [0, 0.1) is 0 Å². The molecule has 0 bridgehead atoms. The molecule has 0 aliphatic heterocycles. The summed E-state index contributed by atoms with van der Waals surface area (Å²) >= 11 is 18.3. The van der Waals surface area contributed by atoms with Gasteiger partial charge in [0.15, 0.2) is 0 Å². The number of pyridine rings is 1. The third-order valence-corrected chi connectivity index (χ3v) is 6.01. The number of thioether (sulfide) groups is 1. The standard InChI is InChI=1S/C20H14Cl3F3N2O2S/c1-11(31-18-6-5-13(9-27-18)20(24,25)26)17-8-16(28-30-17)12-3-2-4-14(7-12)29-10-15(21)19(22)23/h2-9,11H,10H2,1H3. The van der Waals surface area contributed by atoms with E-state index in [0.29, 0.717) is 22.2 Å². The number of alkyl halides is 3. The lowest BCUT2D eigenvalue weighted by Gasteiger charge is -2.09. The van der Waals surface area contributed by atoms with Crippen molar-refractivity contribution in [1.29, 1.82) is 0 Å². The average Bonchev–Trinajstić information content (AvgIpc) is 3.22. The molecule has 1 aromatic carbocycles. The number of ether oxygens (including phenoxy) is 1. The van der Waals surface area contributed by atoms with Gasteiger partial charge in [-0.05, 0) is 31.2 Å². The summed E-state index contributed by atoms with van der Waals surface area (Å²) in [4.78, 5) is 3.87. The number of hydrogen-bond acceptors (Lipinski definition) is 5. The van der Waals surface area contributed by atoms with Gasteiger partial charge in [-0.2, -0.15) is 13.2 Å². The Kier molecular flexibility index (Phi) is 7.80. The topological polar surface area (TPSA) is 48.2 Å². The predicted molar refractivity (Wildman–Crippen MR) is 116 cm³/mol. The normalized spacial score (nSPS) is 12.5. The summed E-state index contributed by atoms with van der Waals surface area (Å²) in [5.74, 6) is 1.08. The van der Waals surface area contributed by atoms with Crippen molar-refractivity contribution in [3.8, 4) is 17.0 Å². The summed E-state index contributed by atoms with van der Waals surface area (Å²) in [5.41, 5.74) is 0.526. The second-order valence-electron chi connectivity index (χ2n) is 6.24. The van der Waals surface area contributed by atoms with Crippen molar-refractivity contribution in [3.63, 3.8) is 0 Å². The third-order valence-electron chi connectivity index (χ3n) is 3.99. The van der Waals surface area contributed by atoms with Gasteiger partial charge < -0.3 is 9.26 Å². The Morgan fingerprint density at radius 2 is 1.94 bits per heavy atom. The number of nitrogens with zero attached hydrogens (tertiary/aromatic N) is 2. The Bertz CT molecular complexity index is 1070. The number of rotatable bonds is 7. The Morgan fingerprint density at radius 1 is 1.16 bits per heavy atom. The monoisotopic (exact) mass is 508 g/mol. The molecule has 31 heavy (non-hydrogen) atoms. The zero-order valence-electron chi connectivity index (χ0n) is 15.8. The molecular formula is C20H14Cl3F3N2O2S. The van der Waals surface area contributed by atoms with Crippen molar-refractivity contribution < 1.29 is 22.4 Å². The molecule has 3 rings (SSSR count). The van der Waals surface area contributed by atoms with Crippen molar-refractivity contribution in [2.75, 3.05) is 6.61 Å². The Morgan fingerprint density at radius 3 is 2.58 bits per heavy atom. The molecule has 11 heteroatoms. The quantitative estimate of drug-likeness (QED) is 0.303. The molecule has 1 atom stereocenters. The van der Waals surface area contributed by atoms with Gasteiger partial charge in [-0.1, -0.05) is 63.9 Å². The molecule has 164 valence electrons. The lowest BCUT2D eigenvalue weighted by Crippen LogP contribution is -2.05. The molecular weight excluding hydrogens is 496 g/mol. The van der Waals surface area contributed by atoms with Crippen LogP contribution in [-0.2, 0) is 6.18 Å². The maximum absolute atomic E-state index is 12.7. The van der Waals surface area contributed by atoms with Crippen LogP contribution in [0.2, 0.25) is 0 Å². The van der Waals surface area contributed by atoms with Gasteiger partial charge in [0, 0.05) is 17.8 Å². The number of benzene rings is 1. The summed E-state index contributed by atoms with van der Waals surface area (Å²) in [6.07, 6.45) is -3.61. The molecule has 0 radical (unpaired) electrons. The molecule has 0 spiro atoms. The van der Waals surface area contributed by atoms with Gasteiger partial charge >= 0.3 is 6.18 Å². The Balaban J connectivity index is 1.68. The van der Waals surface area contributed by atoms with Gasteiger partial charge in [0.25, 0.3) is 0 Å². The highest BCUT2D eigenvalue weighted by Crippen LogP contribution is 2.37. The van der Waals surface area contributed by atoms with Gasteiger partial charge in [-0.15, -0.1) is 0 Å². The molecule has 0 fully saturated rings. The number of halogens is 6. The maximum atomic E-state index is 12.7. The summed E-state index contributed by atoms with van der Waals surface area (Å²) < 4.78 is 48.9. The smallest absolute Gasteiger partial charge is 0.417 e. The summed E-state index contributed by atoms with van der Waals surface area (Å²) in [5, 5.41) is 4.47. The van der Waals surface area contributed by atoms with E-state index in [0.717, 1.165) is 17.8 Å². The zero-order valence-corrected chi connectivity index (χ0v) is 18.9. The second kappa shape index (κ2) is 10.2. The first kappa shape index (κ1) is 23.8. The van der Waals surface area contributed by atoms with Crippen LogP contribution in [0.1, 0.15) is 23.5 Å². The highest BCUT2D eigenvalue weighted by Gasteiger charge is 2.30. The number of aromatic nitrogens is 2. The van der Waals surface area contributed by atoms with Gasteiger partial charge in [0.05, 0.1) is 20.9 Å². The number of hydrogen-bond donors (Lipinski definition) is 0. The zero-order chi connectivity index (χ0) is 22.6. The van der Waals surface area contributed by atoms with Crippen LogP contribution < -0.4 is 4.74 Å². The van der Waals surface area contributed by atoms with Gasteiger partial charge in [-0.25, -0.2) is 4.98 Å².